The van der Waals surface area contributed by atoms with Crippen LogP contribution in [0.1, 0.15) is 18.1 Å². The van der Waals surface area contributed by atoms with E-state index in [0.29, 0.717) is 11.3 Å². The highest BCUT2D eigenvalue weighted by atomic mass is 32.2. The molecule has 2 aromatic rings. The monoisotopic (exact) mass is 335 g/mol. The van der Waals surface area contributed by atoms with Crippen molar-refractivity contribution < 1.29 is 18.3 Å². The summed E-state index contributed by atoms with van der Waals surface area (Å²) in [6.45, 7) is 3.23. The molecule has 0 spiro atoms. The van der Waals surface area contributed by atoms with Gasteiger partial charge in [0.15, 0.2) is 0 Å². The van der Waals surface area contributed by atoms with Crippen LogP contribution in [0.4, 0.5) is 0 Å². The maximum Gasteiger partial charge on any atom is 0.240 e. The molecular weight excluding hydrogens is 314 g/mol. The first-order valence-electron chi connectivity index (χ1n) is 7.18. The summed E-state index contributed by atoms with van der Waals surface area (Å²) in [5.41, 5.74) is 0.0781. The van der Waals surface area contributed by atoms with Gasteiger partial charge in [-0.05, 0) is 43.2 Å². The van der Waals surface area contributed by atoms with Gasteiger partial charge in [-0.15, -0.1) is 0 Å². The number of ether oxygens (including phenoxy) is 1. The first kappa shape index (κ1) is 17.5. The molecule has 23 heavy (non-hydrogen) atoms. The Hall–Kier alpha value is -1.89. The van der Waals surface area contributed by atoms with Crippen LogP contribution in [0.25, 0.3) is 0 Å². The summed E-state index contributed by atoms with van der Waals surface area (Å²) >= 11 is 0. The highest BCUT2D eigenvalue weighted by molar-refractivity contribution is 7.89. The SMILES string of the molecule is COc1ccc(S(=O)(=O)NCC(C)(O)c2ccccc2)cc1C. The second kappa shape index (κ2) is 6.70. The number of sulfonamides is 1. The Morgan fingerprint density at radius 1 is 1.17 bits per heavy atom. The van der Waals surface area contributed by atoms with E-state index in [9.17, 15) is 13.5 Å². The predicted molar refractivity (Wildman–Crippen MR) is 88.9 cm³/mol. The minimum atomic E-state index is -3.71. The molecule has 0 amide bonds. The number of hydrogen-bond donors (Lipinski definition) is 2. The first-order chi connectivity index (χ1) is 10.8. The van der Waals surface area contributed by atoms with E-state index < -0.39 is 15.6 Å². The largest absolute Gasteiger partial charge is 0.496 e. The molecule has 0 saturated carbocycles. The topological polar surface area (TPSA) is 75.6 Å². The third kappa shape index (κ3) is 4.10. The number of rotatable bonds is 6. The molecule has 1 atom stereocenters. The fourth-order valence-corrected chi connectivity index (χ4v) is 3.45. The molecule has 0 aromatic heterocycles. The summed E-state index contributed by atoms with van der Waals surface area (Å²) in [5.74, 6) is 0.625. The molecule has 0 aliphatic carbocycles. The summed E-state index contributed by atoms with van der Waals surface area (Å²) in [6, 6.07) is 13.6. The van der Waals surface area contributed by atoms with Crippen molar-refractivity contribution in [3.05, 3.63) is 59.7 Å². The summed E-state index contributed by atoms with van der Waals surface area (Å²) in [7, 11) is -2.18. The van der Waals surface area contributed by atoms with Gasteiger partial charge in [0.05, 0.1) is 12.0 Å². The number of aliphatic hydroxyl groups is 1. The smallest absolute Gasteiger partial charge is 0.240 e. The molecule has 0 bridgehead atoms. The van der Waals surface area contributed by atoms with Gasteiger partial charge in [0, 0.05) is 6.54 Å². The molecule has 1 unspecified atom stereocenters. The zero-order chi connectivity index (χ0) is 17.1. The fourth-order valence-electron chi connectivity index (χ4n) is 2.24. The Kier molecular flexibility index (Phi) is 5.09. The highest BCUT2D eigenvalue weighted by Gasteiger charge is 2.26. The van der Waals surface area contributed by atoms with Crippen molar-refractivity contribution in [2.45, 2.75) is 24.3 Å². The van der Waals surface area contributed by atoms with Crippen LogP contribution in [0.15, 0.2) is 53.4 Å². The summed E-state index contributed by atoms with van der Waals surface area (Å²) in [4.78, 5) is 0.139. The van der Waals surface area contributed by atoms with Crippen molar-refractivity contribution in [3.8, 4) is 5.75 Å². The van der Waals surface area contributed by atoms with Crippen LogP contribution in [-0.2, 0) is 15.6 Å². The third-order valence-corrected chi connectivity index (χ3v) is 5.08. The predicted octanol–water partition coefficient (Wildman–Crippen LogP) is 2.19. The highest BCUT2D eigenvalue weighted by Crippen LogP contribution is 2.23. The van der Waals surface area contributed by atoms with Crippen LogP contribution < -0.4 is 9.46 Å². The molecule has 0 fully saturated rings. The Labute approximate surface area is 137 Å². The van der Waals surface area contributed by atoms with Gasteiger partial charge in [-0.25, -0.2) is 13.1 Å². The van der Waals surface area contributed by atoms with Gasteiger partial charge in [0.2, 0.25) is 10.0 Å². The van der Waals surface area contributed by atoms with Gasteiger partial charge in [0.25, 0.3) is 0 Å². The molecule has 2 N–H and O–H groups in total. The van der Waals surface area contributed by atoms with Crippen molar-refractivity contribution in [1.82, 2.24) is 4.72 Å². The van der Waals surface area contributed by atoms with E-state index >= 15 is 0 Å². The molecule has 124 valence electrons. The second-order valence-electron chi connectivity index (χ2n) is 5.60. The number of nitrogens with one attached hydrogen (secondary N) is 1. The molecule has 0 heterocycles. The van der Waals surface area contributed by atoms with Gasteiger partial charge in [-0.2, -0.15) is 0 Å². The third-order valence-electron chi connectivity index (χ3n) is 3.68. The summed E-state index contributed by atoms with van der Waals surface area (Å²) in [6.07, 6.45) is 0. The van der Waals surface area contributed by atoms with E-state index in [4.69, 9.17) is 4.74 Å². The molecule has 0 aliphatic heterocycles. The van der Waals surface area contributed by atoms with E-state index in [1.807, 2.05) is 6.07 Å². The van der Waals surface area contributed by atoms with Crippen LogP contribution in [0.3, 0.4) is 0 Å². The van der Waals surface area contributed by atoms with Gasteiger partial charge in [-0.3, -0.25) is 0 Å². The molecule has 6 heteroatoms. The minimum absolute atomic E-state index is 0.121. The molecule has 0 radical (unpaired) electrons. The van der Waals surface area contributed by atoms with Crippen LogP contribution in [-0.4, -0.2) is 27.2 Å². The molecule has 0 saturated heterocycles. The number of aryl methyl sites for hydroxylation is 1. The minimum Gasteiger partial charge on any atom is -0.496 e. The molecule has 0 aliphatic rings. The van der Waals surface area contributed by atoms with Gasteiger partial charge >= 0.3 is 0 Å². The van der Waals surface area contributed by atoms with Crippen LogP contribution >= 0.6 is 0 Å². The second-order valence-corrected chi connectivity index (χ2v) is 7.36. The van der Waals surface area contributed by atoms with E-state index in [-0.39, 0.29) is 11.4 Å². The standard InChI is InChI=1S/C17H21NO4S/c1-13-11-15(9-10-16(13)22-3)23(20,21)18-12-17(2,19)14-7-5-4-6-8-14/h4-11,18-19H,12H2,1-3H3. The Morgan fingerprint density at radius 2 is 1.83 bits per heavy atom. The maximum atomic E-state index is 12.4. The Morgan fingerprint density at radius 3 is 2.39 bits per heavy atom. The van der Waals surface area contributed by atoms with E-state index in [1.54, 1.807) is 50.2 Å². The number of hydrogen-bond acceptors (Lipinski definition) is 4. The first-order valence-corrected chi connectivity index (χ1v) is 8.67. The maximum absolute atomic E-state index is 12.4. The molecular formula is C17H21NO4S. The number of methoxy groups -OCH3 is 1. The number of benzene rings is 2. The zero-order valence-electron chi connectivity index (χ0n) is 13.4. The summed E-state index contributed by atoms with van der Waals surface area (Å²) in [5, 5.41) is 10.5. The molecule has 2 aromatic carbocycles. The Balaban J connectivity index is 2.17. The van der Waals surface area contributed by atoms with Crippen molar-refractivity contribution in [2.24, 2.45) is 0 Å². The average molecular weight is 335 g/mol. The lowest BCUT2D eigenvalue weighted by Gasteiger charge is -2.24. The van der Waals surface area contributed by atoms with Crippen molar-refractivity contribution in [1.29, 1.82) is 0 Å². The molecule has 2 rings (SSSR count). The molecule has 5 nitrogen and oxygen atoms in total. The lowest BCUT2D eigenvalue weighted by atomic mass is 9.97. The Bertz CT molecular complexity index is 770. The van der Waals surface area contributed by atoms with Crippen molar-refractivity contribution >= 4 is 10.0 Å². The average Bonchev–Trinajstić information content (AvgIpc) is 2.54. The van der Waals surface area contributed by atoms with Crippen molar-refractivity contribution in [3.63, 3.8) is 0 Å². The summed E-state index contributed by atoms with van der Waals surface area (Å²) < 4.78 is 32.4. The van der Waals surface area contributed by atoms with E-state index in [0.717, 1.165) is 5.56 Å². The lowest BCUT2D eigenvalue weighted by Crippen LogP contribution is -2.38. The van der Waals surface area contributed by atoms with Gasteiger partial charge < -0.3 is 9.84 Å². The van der Waals surface area contributed by atoms with Crippen LogP contribution in [0, 0.1) is 6.92 Å². The van der Waals surface area contributed by atoms with Crippen LogP contribution in [0.5, 0.6) is 5.75 Å². The van der Waals surface area contributed by atoms with Crippen LogP contribution in [0.2, 0.25) is 0 Å². The van der Waals surface area contributed by atoms with E-state index in [2.05, 4.69) is 4.72 Å². The fraction of sp³-hybridized carbons (Fsp3) is 0.294. The van der Waals surface area contributed by atoms with Gasteiger partial charge in [0.1, 0.15) is 11.4 Å². The quantitative estimate of drug-likeness (QED) is 0.848. The van der Waals surface area contributed by atoms with Crippen molar-refractivity contribution in [2.75, 3.05) is 13.7 Å². The van der Waals surface area contributed by atoms with E-state index in [1.165, 1.54) is 13.2 Å². The normalized spacial score (nSPS) is 14.3. The van der Waals surface area contributed by atoms with Gasteiger partial charge in [-0.1, -0.05) is 30.3 Å². The lowest BCUT2D eigenvalue weighted by molar-refractivity contribution is 0.0627. The zero-order valence-corrected chi connectivity index (χ0v) is 14.2.